The minimum atomic E-state index is -1.89. The Kier molecular flexibility index (Phi) is 3.37. The fraction of sp³-hybridized carbons (Fsp3) is 0.571. The van der Waals surface area contributed by atoms with E-state index < -0.39 is 13.3 Å². The summed E-state index contributed by atoms with van der Waals surface area (Å²) in [5.74, 6) is 0. The largest absolute Gasteiger partial charge is 0.393 e. The molecule has 0 heterocycles. The Morgan fingerprint density at radius 3 is 1.75 bits per heavy atom. The molecule has 0 fully saturated rings. The zero-order valence-electron chi connectivity index (χ0n) is 11.3. The van der Waals surface area contributed by atoms with E-state index in [4.69, 9.17) is 0 Å². The lowest BCUT2D eigenvalue weighted by atomic mass is 9.89. The van der Waals surface area contributed by atoms with Crippen LogP contribution in [0.25, 0.3) is 0 Å². The molecule has 0 saturated carbocycles. The highest BCUT2D eigenvalue weighted by molar-refractivity contribution is 6.92. The number of hydrogen-bond donors (Lipinski definition) is 1. The average molecular weight is 236 g/mol. The molecule has 1 N–H and O–H groups in total. The van der Waals surface area contributed by atoms with Crippen LogP contribution < -0.4 is 5.19 Å². The Bertz CT molecular complexity index is 347. The molecule has 0 spiro atoms. The first-order chi connectivity index (χ1) is 7.11. The Morgan fingerprint density at radius 2 is 1.38 bits per heavy atom. The second-order valence-corrected chi connectivity index (χ2v) is 11.1. The summed E-state index contributed by atoms with van der Waals surface area (Å²) in [6.07, 6.45) is 0. The van der Waals surface area contributed by atoms with Crippen molar-refractivity contribution < 1.29 is 5.11 Å². The van der Waals surface area contributed by atoms with Gasteiger partial charge in [0, 0.05) is 0 Å². The van der Waals surface area contributed by atoms with Crippen molar-refractivity contribution in [3.8, 4) is 0 Å². The van der Waals surface area contributed by atoms with Crippen LogP contribution in [0.2, 0.25) is 13.1 Å². The van der Waals surface area contributed by atoms with Crippen molar-refractivity contribution in [1.82, 2.24) is 0 Å². The predicted octanol–water partition coefficient (Wildman–Crippen LogP) is 2.94. The van der Waals surface area contributed by atoms with Gasteiger partial charge in [-0.25, -0.2) is 0 Å². The molecule has 1 nitrogen and oxygen atoms in total. The van der Waals surface area contributed by atoms with Crippen molar-refractivity contribution in [3.05, 3.63) is 30.3 Å². The topological polar surface area (TPSA) is 20.2 Å². The molecule has 1 unspecified atom stereocenters. The maximum absolute atomic E-state index is 10.9. The summed E-state index contributed by atoms with van der Waals surface area (Å²) < 4.78 is 0. The normalized spacial score (nSPS) is 16.9. The molecule has 0 aliphatic rings. The predicted molar refractivity (Wildman–Crippen MR) is 73.6 cm³/mol. The van der Waals surface area contributed by atoms with Gasteiger partial charge < -0.3 is 5.11 Å². The van der Waals surface area contributed by atoms with E-state index in [0.717, 1.165) is 0 Å². The van der Waals surface area contributed by atoms with Crippen LogP contribution in [0.1, 0.15) is 27.7 Å². The summed E-state index contributed by atoms with van der Waals surface area (Å²) in [5, 5.41) is 11.6. The minimum Gasteiger partial charge on any atom is -0.393 e. The van der Waals surface area contributed by atoms with Gasteiger partial charge in [-0.1, -0.05) is 69.4 Å². The zero-order chi connectivity index (χ0) is 12.6. The van der Waals surface area contributed by atoms with Gasteiger partial charge in [0.25, 0.3) is 0 Å². The molecular formula is C14H24OSi. The SMILES string of the molecule is CC(C)(C)C(C)(O)[Si](C)(C)c1ccccc1. The first-order valence-corrected chi connectivity index (χ1v) is 8.88. The maximum Gasteiger partial charge on any atom is 0.117 e. The monoisotopic (exact) mass is 236 g/mol. The van der Waals surface area contributed by atoms with Gasteiger partial charge in [-0.05, 0) is 12.3 Å². The number of benzene rings is 1. The summed E-state index contributed by atoms with van der Waals surface area (Å²) in [6.45, 7) is 12.8. The van der Waals surface area contributed by atoms with Crippen LogP contribution in [0.4, 0.5) is 0 Å². The first-order valence-electron chi connectivity index (χ1n) is 5.88. The highest BCUT2D eigenvalue weighted by Gasteiger charge is 2.50. The molecule has 0 amide bonds. The molecule has 0 radical (unpaired) electrons. The second kappa shape index (κ2) is 4.01. The van der Waals surface area contributed by atoms with Crippen molar-refractivity contribution in [3.63, 3.8) is 0 Å². The molecule has 1 aromatic carbocycles. The van der Waals surface area contributed by atoms with E-state index >= 15 is 0 Å². The molecule has 90 valence electrons. The van der Waals surface area contributed by atoms with Crippen LogP contribution in [0.3, 0.4) is 0 Å². The molecule has 0 aliphatic heterocycles. The minimum absolute atomic E-state index is 0.0986. The Balaban J connectivity index is 3.22. The molecule has 0 aromatic heterocycles. The standard InChI is InChI=1S/C14H24OSi/c1-13(2,3)14(4,15)16(5,6)12-10-8-7-9-11-12/h7-11,15H,1-6H3. The van der Waals surface area contributed by atoms with Crippen LogP contribution in [0, 0.1) is 5.41 Å². The van der Waals surface area contributed by atoms with Crippen LogP contribution in [0.5, 0.6) is 0 Å². The highest BCUT2D eigenvalue weighted by atomic mass is 28.3. The number of aliphatic hydroxyl groups is 1. The maximum atomic E-state index is 10.9. The highest BCUT2D eigenvalue weighted by Crippen LogP contribution is 2.37. The molecule has 2 heteroatoms. The first kappa shape index (κ1) is 13.5. The van der Waals surface area contributed by atoms with Crippen molar-refractivity contribution >= 4 is 13.3 Å². The summed E-state index contributed by atoms with van der Waals surface area (Å²) in [6, 6.07) is 10.4. The van der Waals surface area contributed by atoms with Gasteiger partial charge in [0.05, 0.1) is 5.22 Å². The van der Waals surface area contributed by atoms with Gasteiger partial charge in [0.15, 0.2) is 0 Å². The van der Waals surface area contributed by atoms with Crippen molar-refractivity contribution in [2.75, 3.05) is 0 Å². The lowest BCUT2D eigenvalue weighted by Gasteiger charge is -2.48. The van der Waals surface area contributed by atoms with Crippen molar-refractivity contribution in [1.29, 1.82) is 0 Å². The second-order valence-electron chi connectivity index (χ2n) is 6.31. The Morgan fingerprint density at radius 1 is 0.938 bits per heavy atom. The van der Waals surface area contributed by atoms with E-state index in [1.165, 1.54) is 5.19 Å². The van der Waals surface area contributed by atoms with Crippen LogP contribution in [-0.4, -0.2) is 18.4 Å². The van der Waals surface area contributed by atoms with Gasteiger partial charge in [0.1, 0.15) is 8.07 Å². The molecule has 1 rings (SSSR count). The van der Waals surface area contributed by atoms with E-state index in [2.05, 4.69) is 58.1 Å². The smallest absolute Gasteiger partial charge is 0.117 e. The fourth-order valence-electron chi connectivity index (χ4n) is 2.07. The number of hydrogen-bond acceptors (Lipinski definition) is 1. The average Bonchev–Trinajstić information content (AvgIpc) is 2.17. The van der Waals surface area contributed by atoms with Crippen LogP contribution in [0.15, 0.2) is 30.3 Å². The van der Waals surface area contributed by atoms with Gasteiger partial charge in [-0.3, -0.25) is 0 Å². The van der Waals surface area contributed by atoms with Crippen molar-refractivity contribution in [2.45, 2.75) is 46.0 Å². The van der Waals surface area contributed by atoms with Gasteiger partial charge in [0.2, 0.25) is 0 Å². The molecule has 16 heavy (non-hydrogen) atoms. The van der Waals surface area contributed by atoms with Gasteiger partial charge >= 0.3 is 0 Å². The molecule has 0 bridgehead atoms. The Labute approximate surface area is 101 Å². The summed E-state index contributed by atoms with van der Waals surface area (Å²) in [4.78, 5) is 0. The molecule has 1 aromatic rings. The van der Waals surface area contributed by atoms with E-state index in [-0.39, 0.29) is 5.41 Å². The van der Waals surface area contributed by atoms with Gasteiger partial charge in [-0.15, -0.1) is 0 Å². The molecule has 1 atom stereocenters. The van der Waals surface area contributed by atoms with Crippen molar-refractivity contribution in [2.24, 2.45) is 5.41 Å². The van der Waals surface area contributed by atoms with Crippen LogP contribution >= 0.6 is 0 Å². The summed E-state index contributed by atoms with van der Waals surface area (Å²) >= 11 is 0. The van der Waals surface area contributed by atoms with E-state index in [1.54, 1.807) is 0 Å². The fourth-order valence-corrected chi connectivity index (χ4v) is 5.54. The van der Waals surface area contributed by atoms with E-state index in [9.17, 15) is 5.11 Å². The van der Waals surface area contributed by atoms with Gasteiger partial charge in [-0.2, -0.15) is 0 Å². The zero-order valence-corrected chi connectivity index (χ0v) is 12.3. The lowest BCUT2D eigenvalue weighted by molar-refractivity contribution is 0.0266. The third kappa shape index (κ3) is 2.09. The quantitative estimate of drug-likeness (QED) is 0.783. The molecular weight excluding hydrogens is 212 g/mol. The third-order valence-electron chi connectivity index (χ3n) is 4.17. The van der Waals surface area contributed by atoms with Crippen LogP contribution in [-0.2, 0) is 0 Å². The summed E-state index contributed by atoms with van der Waals surface area (Å²) in [7, 11) is -1.89. The van der Waals surface area contributed by atoms with E-state index in [0.29, 0.717) is 0 Å². The third-order valence-corrected chi connectivity index (χ3v) is 9.13. The molecule has 0 aliphatic carbocycles. The molecule has 0 saturated heterocycles. The number of rotatable bonds is 2. The lowest BCUT2D eigenvalue weighted by Crippen LogP contribution is -2.66. The Hall–Kier alpha value is -0.603. The summed E-state index contributed by atoms with van der Waals surface area (Å²) in [5.41, 5.74) is -0.0986. The van der Waals surface area contributed by atoms with E-state index in [1.807, 2.05) is 13.0 Å².